The number of aromatic nitrogens is 2. The molecular weight excluding hydrogens is 429 g/mol. The normalized spacial score (nSPS) is 20.1. The summed E-state index contributed by atoms with van der Waals surface area (Å²) in [6.07, 6.45) is 0.152. The van der Waals surface area contributed by atoms with Crippen molar-refractivity contribution >= 4 is 28.5 Å². The van der Waals surface area contributed by atoms with Crippen LogP contribution in [-0.2, 0) is 10.3 Å². The molecule has 2 atom stereocenters. The summed E-state index contributed by atoms with van der Waals surface area (Å²) in [6, 6.07) is 3.57. The van der Waals surface area contributed by atoms with Crippen LogP contribution >= 0.6 is 11.3 Å². The Morgan fingerprint density at radius 2 is 2.10 bits per heavy atom. The Balaban J connectivity index is 1.86. The Kier molecular flexibility index (Phi) is 5.97. The van der Waals surface area contributed by atoms with Crippen LogP contribution in [0.5, 0.6) is 0 Å². The summed E-state index contributed by atoms with van der Waals surface area (Å²) < 4.78 is 52.8. The first-order chi connectivity index (χ1) is 14.8. The standard InChI is InChI=1S/C21H25F3N4O2S/c1-20(29-3,21(22,23)24)13-10-15(18-26-7-9-31-18)17-16(11-13)27-19(30-17)28-8-5-4-6-14(12-28)25-2/h7,9-11,14,25H,4-6,8,12H2,1-3H3. The highest BCUT2D eigenvalue weighted by Crippen LogP contribution is 2.45. The molecule has 1 N–H and O–H groups in total. The number of nitrogens with one attached hydrogen (secondary N) is 1. The molecule has 168 valence electrons. The minimum atomic E-state index is -4.60. The van der Waals surface area contributed by atoms with E-state index in [-0.39, 0.29) is 5.56 Å². The second kappa shape index (κ2) is 8.40. The molecular formula is C21H25F3N4O2S. The molecule has 1 aliphatic heterocycles. The number of methoxy groups -OCH3 is 1. The van der Waals surface area contributed by atoms with Crippen LogP contribution in [0.2, 0.25) is 0 Å². The molecule has 1 aromatic carbocycles. The fourth-order valence-corrected chi connectivity index (χ4v) is 4.55. The highest BCUT2D eigenvalue weighted by molar-refractivity contribution is 7.13. The number of fused-ring (bicyclic) bond motifs is 1. The number of alkyl halides is 3. The molecule has 2 aromatic heterocycles. The molecule has 31 heavy (non-hydrogen) atoms. The predicted octanol–water partition coefficient (Wildman–Crippen LogP) is 4.95. The van der Waals surface area contributed by atoms with Crippen molar-refractivity contribution in [3.63, 3.8) is 0 Å². The molecule has 2 unspecified atom stereocenters. The van der Waals surface area contributed by atoms with E-state index in [1.165, 1.54) is 23.5 Å². The zero-order valence-electron chi connectivity index (χ0n) is 17.6. The second-order valence-electron chi connectivity index (χ2n) is 7.87. The molecule has 1 fully saturated rings. The van der Waals surface area contributed by atoms with Gasteiger partial charge in [-0.2, -0.15) is 18.2 Å². The number of anilines is 1. The van der Waals surface area contributed by atoms with Gasteiger partial charge in [-0.05, 0) is 44.5 Å². The quantitative estimate of drug-likeness (QED) is 0.588. The van der Waals surface area contributed by atoms with E-state index in [1.807, 2.05) is 7.05 Å². The number of benzene rings is 1. The van der Waals surface area contributed by atoms with Gasteiger partial charge in [0.25, 0.3) is 6.01 Å². The van der Waals surface area contributed by atoms with Crippen LogP contribution < -0.4 is 10.2 Å². The van der Waals surface area contributed by atoms with Gasteiger partial charge in [-0.3, -0.25) is 0 Å². The smallest absolute Gasteiger partial charge is 0.421 e. The van der Waals surface area contributed by atoms with Gasteiger partial charge < -0.3 is 19.4 Å². The lowest BCUT2D eigenvalue weighted by atomic mass is 9.93. The molecule has 4 rings (SSSR count). The monoisotopic (exact) mass is 454 g/mol. The lowest BCUT2D eigenvalue weighted by molar-refractivity contribution is -0.269. The minimum Gasteiger partial charge on any atom is -0.423 e. The maximum absolute atomic E-state index is 13.9. The third kappa shape index (κ3) is 4.04. The second-order valence-corrected chi connectivity index (χ2v) is 8.76. The van der Waals surface area contributed by atoms with Crippen molar-refractivity contribution in [2.45, 2.75) is 44.0 Å². The lowest BCUT2D eigenvalue weighted by Crippen LogP contribution is -2.41. The molecule has 0 aliphatic carbocycles. The number of rotatable bonds is 5. The summed E-state index contributed by atoms with van der Waals surface area (Å²) in [6.45, 7) is 2.52. The molecule has 1 aliphatic rings. The Morgan fingerprint density at radius 1 is 1.29 bits per heavy atom. The summed E-state index contributed by atoms with van der Waals surface area (Å²) in [5.41, 5.74) is -1.25. The fourth-order valence-electron chi connectivity index (χ4n) is 3.90. The van der Waals surface area contributed by atoms with Crippen LogP contribution in [0, 0.1) is 0 Å². The maximum Gasteiger partial charge on any atom is 0.421 e. The number of likely N-dealkylation sites (N-methyl/N-ethyl adjacent to an activating group) is 1. The Labute approximate surface area is 182 Å². The summed E-state index contributed by atoms with van der Waals surface area (Å²) in [7, 11) is 2.99. The topological polar surface area (TPSA) is 63.4 Å². The molecule has 3 heterocycles. The van der Waals surface area contributed by atoms with E-state index in [0.717, 1.165) is 46.4 Å². The molecule has 1 saturated heterocycles. The van der Waals surface area contributed by atoms with Crippen LogP contribution in [0.4, 0.5) is 19.2 Å². The van der Waals surface area contributed by atoms with E-state index in [9.17, 15) is 13.2 Å². The van der Waals surface area contributed by atoms with Crippen molar-refractivity contribution in [3.8, 4) is 10.6 Å². The third-order valence-electron chi connectivity index (χ3n) is 5.99. The van der Waals surface area contributed by atoms with Gasteiger partial charge >= 0.3 is 6.18 Å². The van der Waals surface area contributed by atoms with Gasteiger partial charge in [0.2, 0.25) is 0 Å². The Bertz CT molecular complexity index is 1040. The Morgan fingerprint density at radius 3 is 2.74 bits per heavy atom. The molecule has 6 nitrogen and oxygen atoms in total. The molecule has 0 spiro atoms. The van der Waals surface area contributed by atoms with E-state index in [1.54, 1.807) is 11.6 Å². The van der Waals surface area contributed by atoms with Crippen molar-refractivity contribution in [1.82, 2.24) is 15.3 Å². The van der Waals surface area contributed by atoms with Crippen LogP contribution in [-0.4, -0.2) is 49.4 Å². The number of halogens is 3. The number of nitrogens with zero attached hydrogens (tertiary/aromatic N) is 3. The molecule has 0 radical (unpaired) electrons. The summed E-state index contributed by atoms with van der Waals surface area (Å²) in [5.74, 6) is 0. The number of oxazole rings is 1. The zero-order valence-corrected chi connectivity index (χ0v) is 18.4. The van der Waals surface area contributed by atoms with Crippen molar-refractivity contribution in [2.24, 2.45) is 0 Å². The molecule has 3 aromatic rings. The largest absolute Gasteiger partial charge is 0.423 e. The fraction of sp³-hybridized carbons (Fsp3) is 0.524. The number of hydrogen-bond donors (Lipinski definition) is 1. The average molecular weight is 455 g/mol. The van der Waals surface area contributed by atoms with Gasteiger partial charge in [-0.15, -0.1) is 11.3 Å². The minimum absolute atomic E-state index is 0.0379. The van der Waals surface area contributed by atoms with Crippen molar-refractivity contribution in [3.05, 3.63) is 29.3 Å². The first-order valence-electron chi connectivity index (χ1n) is 10.2. The number of hydrogen-bond acceptors (Lipinski definition) is 7. The van der Waals surface area contributed by atoms with Crippen LogP contribution in [0.1, 0.15) is 31.7 Å². The van der Waals surface area contributed by atoms with Gasteiger partial charge in [-0.25, -0.2) is 4.98 Å². The third-order valence-corrected chi connectivity index (χ3v) is 6.80. The zero-order chi connectivity index (χ0) is 22.2. The summed E-state index contributed by atoms with van der Waals surface area (Å²) in [5, 5.41) is 5.65. The highest BCUT2D eigenvalue weighted by Gasteiger charge is 2.53. The van der Waals surface area contributed by atoms with E-state index < -0.39 is 11.8 Å². The first kappa shape index (κ1) is 22.0. The molecule has 0 amide bonds. The molecule has 0 saturated carbocycles. The lowest BCUT2D eigenvalue weighted by Gasteiger charge is -2.31. The number of ether oxygens (including phenoxy) is 1. The van der Waals surface area contributed by atoms with Gasteiger partial charge in [0.1, 0.15) is 10.5 Å². The van der Waals surface area contributed by atoms with E-state index in [4.69, 9.17) is 9.15 Å². The Hall–Kier alpha value is -2.17. The van der Waals surface area contributed by atoms with E-state index in [2.05, 4.69) is 20.2 Å². The summed E-state index contributed by atoms with van der Waals surface area (Å²) in [4.78, 5) is 10.9. The molecule has 10 heteroatoms. The summed E-state index contributed by atoms with van der Waals surface area (Å²) >= 11 is 1.33. The van der Waals surface area contributed by atoms with E-state index in [0.29, 0.717) is 33.7 Å². The van der Waals surface area contributed by atoms with E-state index >= 15 is 0 Å². The van der Waals surface area contributed by atoms with Crippen molar-refractivity contribution < 1.29 is 22.3 Å². The van der Waals surface area contributed by atoms with Gasteiger partial charge in [0.15, 0.2) is 11.2 Å². The predicted molar refractivity (Wildman–Crippen MR) is 114 cm³/mol. The van der Waals surface area contributed by atoms with Gasteiger partial charge in [-0.1, -0.05) is 6.42 Å². The first-order valence-corrected chi connectivity index (χ1v) is 11.0. The SMILES string of the molecule is CNC1CCCCN(c2nc3cc(C(C)(OC)C(F)(F)F)cc(-c4nccs4)c3o2)C1. The molecule has 0 bridgehead atoms. The van der Waals surface area contributed by atoms with Crippen LogP contribution in [0.25, 0.3) is 21.7 Å². The average Bonchev–Trinajstić information content (AvgIpc) is 3.36. The number of thiazole rings is 1. The highest BCUT2D eigenvalue weighted by atomic mass is 32.1. The maximum atomic E-state index is 13.9. The van der Waals surface area contributed by atoms with Crippen LogP contribution in [0.3, 0.4) is 0 Å². The van der Waals surface area contributed by atoms with Crippen LogP contribution in [0.15, 0.2) is 28.1 Å². The van der Waals surface area contributed by atoms with Crippen molar-refractivity contribution in [1.29, 1.82) is 0 Å². The van der Waals surface area contributed by atoms with Gasteiger partial charge in [0.05, 0.1) is 5.56 Å². The van der Waals surface area contributed by atoms with Crippen molar-refractivity contribution in [2.75, 3.05) is 32.1 Å². The van der Waals surface area contributed by atoms with Gasteiger partial charge in [0, 0.05) is 37.8 Å².